The lowest BCUT2D eigenvalue weighted by Gasteiger charge is -2.18. The molecule has 142 valence electrons. The highest BCUT2D eigenvalue weighted by Gasteiger charge is 2.25. The van der Waals surface area contributed by atoms with Gasteiger partial charge in [-0.15, -0.1) is 0 Å². The molecule has 0 aliphatic heterocycles. The van der Waals surface area contributed by atoms with Crippen LogP contribution in [0.25, 0.3) is 0 Å². The Kier molecular flexibility index (Phi) is 9.69. The number of aliphatic hydroxyl groups is 2. The van der Waals surface area contributed by atoms with E-state index in [-0.39, 0.29) is 0 Å². The number of carbonyl (C=O) groups is 5. The van der Waals surface area contributed by atoms with E-state index in [1.165, 1.54) is 0 Å². The summed E-state index contributed by atoms with van der Waals surface area (Å²) < 4.78 is 0. The van der Waals surface area contributed by atoms with Gasteiger partial charge in [-0.3, -0.25) is 19.2 Å². The second-order valence-corrected chi connectivity index (χ2v) is 4.88. The second kappa shape index (κ2) is 10.9. The molecule has 0 spiro atoms. The molecule has 0 saturated carbocycles. The van der Waals surface area contributed by atoms with E-state index >= 15 is 0 Å². The molecule has 0 fully saturated rings. The first-order chi connectivity index (χ1) is 11.6. The predicted octanol–water partition coefficient (Wildman–Crippen LogP) is -5.66. The molecule has 0 aromatic heterocycles. The highest BCUT2D eigenvalue weighted by molar-refractivity contribution is 5.93. The van der Waals surface area contributed by atoms with Crippen LogP contribution in [0.4, 0.5) is 0 Å². The summed E-state index contributed by atoms with van der Waals surface area (Å²) in [6, 6.07) is -4.29. The average Bonchev–Trinajstić information content (AvgIpc) is 2.55. The number of rotatable bonds is 11. The van der Waals surface area contributed by atoms with Gasteiger partial charge >= 0.3 is 5.97 Å². The van der Waals surface area contributed by atoms with Gasteiger partial charge in [-0.25, -0.2) is 4.79 Å². The first kappa shape index (κ1) is 22.2. The predicted molar refractivity (Wildman–Crippen MR) is 80.5 cm³/mol. The molecule has 0 aromatic carbocycles. The molecule has 13 nitrogen and oxygen atoms in total. The number of amides is 4. The van der Waals surface area contributed by atoms with Crippen LogP contribution in [0, 0.1) is 0 Å². The van der Waals surface area contributed by atoms with Gasteiger partial charge in [0.25, 0.3) is 0 Å². The smallest absolute Gasteiger partial charge is 0.326 e. The molecule has 0 bridgehead atoms. The quantitative estimate of drug-likeness (QED) is 0.174. The second-order valence-electron chi connectivity index (χ2n) is 4.88. The highest BCUT2D eigenvalue weighted by atomic mass is 16.4. The number of hydrogen-bond donors (Lipinski definition) is 8. The number of carboxylic acids is 1. The maximum absolute atomic E-state index is 11.8. The zero-order chi connectivity index (χ0) is 19.6. The van der Waals surface area contributed by atoms with Crippen molar-refractivity contribution in [2.75, 3.05) is 19.8 Å². The third kappa shape index (κ3) is 8.59. The third-order valence-corrected chi connectivity index (χ3v) is 2.81. The van der Waals surface area contributed by atoms with Gasteiger partial charge in [0, 0.05) is 0 Å². The number of primary amides is 1. The van der Waals surface area contributed by atoms with E-state index in [1.807, 2.05) is 5.32 Å². The van der Waals surface area contributed by atoms with Crippen LogP contribution in [0.5, 0.6) is 0 Å². The maximum atomic E-state index is 11.8. The molecule has 0 aromatic rings. The topological polar surface area (TPSA) is 234 Å². The number of carbonyl (C=O) groups excluding carboxylic acids is 4. The monoisotopic (exact) mass is 363 g/mol. The van der Waals surface area contributed by atoms with Crippen LogP contribution < -0.4 is 27.4 Å². The van der Waals surface area contributed by atoms with Gasteiger partial charge in [-0.2, -0.15) is 0 Å². The number of carboxylic acid groups (broad SMARTS) is 1. The molecule has 25 heavy (non-hydrogen) atoms. The van der Waals surface area contributed by atoms with Crippen LogP contribution >= 0.6 is 0 Å². The Bertz CT molecular complexity index is 526. The number of nitrogens with two attached hydrogens (primary N) is 2. The van der Waals surface area contributed by atoms with E-state index in [4.69, 9.17) is 26.8 Å². The van der Waals surface area contributed by atoms with Crippen molar-refractivity contribution in [3.8, 4) is 0 Å². The summed E-state index contributed by atoms with van der Waals surface area (Å²) in [7, 11) is 0. The molecular formula is C12H21N5O8. The molecule has 13 heteroatoms. The van der Waals surface area contributed by atoms with E-state index in [9.17, 15) is 24.0 Å². The molecule has 0 aliphatic rings. The van der Waals surface area contributed by atoms with Gasteiger partial charge in [-0.1, -0.05) is 0 Å². The molecule has 0 heterocycles. The Labute approximate surface area is 141 Å². The zero-order valence-corrected chi connectivity index (χ0v) is 13.1. The van der Waals surface area contributed by atoms with Crippen molar-refractivity contribution in [1.29, 1.82) is 0 Å². The Hall–Kier alpha value is -2.77. The molecule has 4 amide bonds. The number of aliphatic hydroxyl groups excluding tert-OH is 2. The van der Waals surface area contributed by atoms with Crippen molar-refractivity contribution in [2.45, 2.75) is 24.5 Å². The van der Waals surface area contributed by atoms with Crippen molar-refractivity contribution >= 4 is 29.6 Å². The Balaban J connectivity index is 4.54. The van der Waals surface area contributed by atoms with Crippen LogP contribution in [0.15, 0.2) is 0 Å². The van der Waals surface area contributed by atoms with E-state index < -0.39 is 73.9 Å². The van der Waals surface area contributed by atoms with E-state index in [0.29, 0.717) is 0 Å². The van der Waals surface area contributed by atoms with Gasteiger partial charge in [0.15, 0.2) is 0 Å². The standard InChI is InChI=1S/C12H21N5O8/c13-5(3-18)10(22)17-7(4-19)11(23)15-2-9(21)16-6(12(24)25)1-8(14)20/h5-7,18-19H,1-4,13H2,(H2,14,20)(H,15,23)(H,16,21)(H,17,22)(H,24,25). The Morgan fingerprint density at radius 2 is 1.52 bits per heavy atom. The Morgan fingerprint density at radius 3 is 1.96 bits per heavy atom. The molecule has 0 saturated heterocycles. The van der Waals surface area contributed by atoms with Crippen molar-refractivity contribution < 1.29 is 39.3 Å². The van der Waals surface area contributed by atoms with Crippen LogP contribution in [0.1, 0.15) is 6.42 Å². The fourth-order valence-electron chi connectivity index (χ4n) is 1.49. The summed E-state index contributed by atoms with van der Waals surface area (Å²) in [5, 5.41) is 32.7. The summed E-state index contributed by atoms with van der Waals surface area (Å²) >= 11 is 0. The molecular weight excluding hydrogens is 342 g/mol. The van der Waals surface area contributed by atoms with Crippen molar-refractivity contribution in [3.05, 3.63) is 0 Å². The van der Waals surface area contributed by atoms with E-state index in [1.54, 1.807) is 0 Å². The first-order valence-electron chi connectivity index (χ1n) is 6.98. The lowest BCUT2D eigenvalue weighted by molar-refractivity contribution is -0.143. The minimum absolute atomic E-state index is 0.636. The van der Waals surface area contributed by atoms with Crippen LogP contribution in [0.3, 0.4) is 0 Å². The molecule has 0 rings (SSSR count). The average molecular weight is 363 g/mol. The zero-order valence-electron chi connectivity index (χ0n) is 13.1. The summed E-state index contributed by atoms with van der Waals surface area (Å²) in [5.74, 6) is -5.21. The van der Waals surface area contributed by atoms with Crippen molar-refractivity contribution in [1.82, 2.24) is 16.0 Å². The Morgan fingerprint density at radius 1 is 0.920 bits per heavy atom. The van der Waals surface area contributed by atoms with Crippen molar-refractivity contribution in [2.24, 2.45) is 11.5 Å². The largest absolute Gasteiger partial charge is 0.480 e. The molecule has 0 radical (unpaired) electrons. The SMILES string of the molecule is NC(=O)CC(NC(=O)CNC(=O)C(CO)NC(=O)C(N)CO)C(=O)O. The lowest BCUT2D eigenvalue weighted by atomic mass is 10.2. The normalized spacial score (nSPS) is 13.9. The van der Waals surface area contributed by atoms with Gasteiger partial charge in [-0.05, 0) is 0 Å². The minimum atomic E-state index is -1.56. The van der Waals surface area contributed by atoms with Crippen LogP contribution in [-0.4, -0.2) is 82.8 Å². The minimum Gasteiger partial charge on any atom is -0.480 e. The number of hydrogen-bond acceptors (Lipinski definition) is 8. The van der Waals surface area contributed by atoms with Gasteiger partial charge < -0.3 is 42.7 Å². The van der Waals surface area contributed by atoms with Crippen LogP contribution in [0.2, 0.25) is 0 Å². The number of nitrogens with one attached hydrogen (secondary N) is 3. The molecule has 10 N–H and O–H groups in total. The molecule has 3 unspecified atom stereocenters. The summed E-state index contributed by atoms with van der Waals surface area (Å²) in [6.07, 6.45) is -0.636. The summed E-state index contributed by atoms with van der Waals surface area (Å²) in [5.41, 5.74) is 10.1. The summed E-state index contributed by atoms with van der Waals surface area (Å²) in [6.45, 7) is -2.17. The lowest BCUT2D eigenvalue weighted by Crippen LogP contribution is -2.55. The van der Waals surface area contributed by atoms with E-state index in [0.717, 1.165) is 0 Å². The third-order valence-electron chi connectivity index (χ3n) is 2.81. The highest BCUT2D eigenvalue weighted by Crippen LogP contribution is 1.92. The fraction of sp³-hybridized carbons (Fsp3) is 0.583. The van der Waals surface area contributed by atoms with Crippen LogP contribution in [-0.2, 0) is 24.0 Å². The maximum Gasteiger partial charge on any atom is 0.326 e. The molecule has 3 atom stereocenters. The van der Waals surface area contributed by atoms with E-state index in [2.05, 4.69) is 10.6 Å². The fourth-order valence-corrected chi connectivity index (χ4v) is 1.49. The molecule has 0 aliphatic carbocycles. The van der Waals surface area contributed by atoms with Gasteiger partial charge in [0.1, 0.15) is 18.1 Å². The van der Waals surface area contributed by atoms with Gasteiger partial charge in [0.05, 0.1) is 26.2 Å². The van der Waals surface area contributed by atoms with Crippen molar-refractivity contribution in [3.63, 3.8) is 0 Å². The first-order valence-corrected chi connectivity index (χ1v) is 6.98. The number of aliphatic carboxylic acids is 1. The van der Waals surface area contributed by atoms with Gasteiger partial charge in [0.2, 0.25) is 23.6 Å². The summed E-state index contributed by atoms with van der Waals surface area (Å²) in [4.78, 5) is 56.4.